The fourth-order valence-electron chi connectivity index (χ4n) is 2.53. The smallest absolute Gasteiger partial charge is 0.331 e. The second-order valence-corrected chi connectivity index (χ2v) is 6.04. The third-order valence-corrected chi connectivity index (χ3v) is 4.05. The highest BCUT2D eigenvalue weighted by atomic mass is 16.6. The second-order valence-electron chi connectivity index (χ2n) is 6.04. The minimum absolute atomic E-state index is 0.0896. The van der Waals surface area contributed by atoms with Crippen LogP contribution in [-0.2, 0) is 16.1 Å². The predicted molar refractivity (Wildman–Crippen MR) is 109 cm³/mol. The van der Waals surface area contributed by atoms with Gasteiger partial charge < -0.3 is 23.5 Å². The van der Waals surface area contributed by atoms with E-state index in [4.69, 9.17) is 28.7 Å². The first-order valence-electron chi connectivity index (χ1n) is 9.12. The van der Waals surface area contributed by atoms with Crippen LogP contribution in [0.3, 0.4) is 0 Å². The van der Waals surface area contributed by atoms with Crippen molar-refractivity contribution in [3.8, 4) is 34.7 Å². The predicted octanol–water partition coefficient (Wildman–Crippen LogP) is 3.41. The van der Waals surface area contributed by atoms with Gasteiger partial charge in [-0.15, -0.1) is 0 Å². The third-order valence-electron chi connectivity index (χ3n) is 4.05. The molecule has 3 rings (SSSR count). The number of hydrogen-bond donors (Lipinski definition) is 0. The summed E-state index contributed by atoms with van der Waals surface area (Å²) in [6.45, 7) is -0.246. The van der Waals surface area contributed by atoms with Crippen LogP contribution in [0.4, 0.5) is 0 Å². The van der Waals surface area contributed by atoms with Crippen LogP contribution < -0.4 is 14.2 Å². The summed E-state index contributed by atoms with van der Waals surface area (Å²) in [5.41, 5.74) is 1.44. The Kier molecular flexibility index (Phi) is 7.21. The molecule has 0 radical (unpaired) electrons. The molecule has 0 unspecified atom stereocenters. The van der Waals surface area contributed by atoms with E-state index in [-0.39, 0.29) is 19.1 Å². The summed E-state index contributed by atoms with van der Waals surface area (Å²) < 4.78 is 25.9. The van der Waals surface area contributed by atoms with Gasteiger partial charge in [0, 0.05) is 11.6 Å². The number of aromatic nitrogens is 2. The van der Waals surface area contributed by atoms with E-state index in [1.165, 1.54) is 13.2 Å². The van der Waals surface area contributed by atoms with E-state index in [1.54, 1.807) is 55.7 Å². The van der Waals surface area contributed by atoms with Crippen molar-refractivity contribution in [1.82, 2.24) is 10.1 Å². The zero-order valence-electron chi connectivity index (χ0n) is 16.9. The standard InChI is InChI=1S/C22H19N3O6/c1-27-17-7-5-16(6-8-17)22-24-20(31-25-22)14-30-21(26)10-4-15-3-9-18(29-12-11-23)19(13-15)28-2/h3-10,13H,12,14H2,1-2H3/b10-4+. The lowest BCUT2D eigenvalue weighted by Crippen LogP contribution is -2.01. The van der Waals surface area contributed by atoms with E-state index >= 15 is 0 Å². The Balaban J connectivity index is 1.56. The summed E-state index contributed by atoms with van der Waals surface area (Å²) in [6, 6.07) is 14.1. The number of nitrogens with zero attached hydrogens (tertiary/aromatic N) is 3. The van der Waals surface area contributed by atoms with Crippen LogP contribution in [0.15, 0.2) is 53.1 Å². The van der Waals surface area contributed by atoms with Crippen molar-refractivity contribution in [2.75, 3.05) is 20.8 Å². The van der Waals surface area contributed by atoms with Crippen molar-refractivity contribution in [2.24, 2.45) is 0 Å². The van der Waals surface area contributed by atoms with Gasteiger partial charge in [0.2, 0.25) is 5.82 Å². The molecule has 31 heavy (non-hydrogen) atoms. The first-order valence-corrected chi connectivity index (χ1v) is 9.12. The van der Waals surface area contributed by atoms with E-state index in [1.807, 2.05) is 6.07 Å². The average Bonchev–Trinajstić information content (AvgIpc) is 3.29. The first-order chi connectivity index (χ1) is 15.1. The number of nitriles is 1. The Hall–Kier alpha value is -4.32. The molecule has 0 saturated heterocycles. The van der Waals surface area contributed by atoms with Crippen molar-refractivity contribution in [3.63, 3.8) is 0 Å². The third kappa shape index (κ3) is 5.83. The van der Waals surface area contributed by atoms with E-state index in [0.29, 0.717) is 22.9 Å². The van der Waals surface area contributed by atoms with Gasteiger partial charge in [0.05, 0.1) is 14.2 Å². The van der Waals surface area contributed by atoms with Gasteiger partial charge in [0.1, 0.15) is 11.8 Å². The number of ether oxygens (including phenoxy) is 4. The molecule has 0 fully saturated rings. The highest BCUT2D eigenvalue weighted by Gasteiger charge is 2.11. The molecule has 0 N–H and O–H groups in total. The highest BCUT2D eigenvalue weighted by molar-refractivity contribution is 5.87. The molecule has 0 aliphatic heterocycles. The topological polar surface area (TPSA) is 117 Å². The van der Waals surface area contributed by atoms with E-state index in [0.717, 1.165) is 11.3 Å². The van der Waals surface area contributed by atoms with Crippen molar-refractivity contribution in [3.05, 3.63) is 60.0 Å². The molecule has 1 heterocycles. The first kappa shape index (κ1) is 21.4. The normalized spacial score (nSPS) is 10.5. The van der Waals surface area contributed by atoms with E-state index in [9.17, 15) is 4.79 Å². The Morgan fingerprint density at radius 2 is 1.94 bits per heavy atom. The molecule has 158 valence electrons. The van der Waals surface area contributed by atoms with Crippen LogP contribution in [0.25, 0.3) is 17.5 Å². The molecule has 9 nitrogen and oxygen atoms in total. The lowest BCUT2D eigenvalue weighted by molar-refractivity contribution is -0.139. The van der Waals surface area contributed by atoms with E-state index in [2.05, 4.69) is 10.1 Å². The zero-order valence-corrected chi connectivity index (χ0v) is 16.9. The summed E-state index contributed by atoms with van der Waals surface area (Å²) in [4.78, 5) is 16.2. The van der Waals surface area contributed by atoms with Gasteiger partial charge in [-0.05, 0) is 48.0 Å². The summed E-state index contributed by atoms with van der Waals surface area (Å²) in [5.74, 6) is 1.59. The Morgan fingerprint density at radius 3 is 2.65 bits per heavy atom. The van der Waals surface area contributed by atoms with Crippen molar-refractivity contribution < 1.29 is 28.3 Å². The maximum Gasteiger partial charge on any atom is 0.331 e. The monoisotopic (exact) mass is 421 g/mol. The molecule has 0 amide bonds. The fourth-order valence-corrected chi connectivity index (χ4v) is 2.53. The second kappa shape index (κ2) is 10.5. The minimum Gasteiger partial charge on any atom is -0.497 e. The maximum atomic E-state index is 12.0. The molecular weight excluding hydrogens is 402 g/mol. The maximum absolute atomic E-state index is 12.0. The SMILES string of the molecule is COc1ccc(-c2noc(COC(=O)/C=C/c3ccc(OCC#N)c(OC)c3)n2)cc1. The Bertz CT molecular complexity index is 1100. The Morgan fingerprint density at radius 1 is 1.13 bits per heavy atom. The van der Waals surface area contributed by atoms with Gasteiger partial charge in [0.15, 0.2) is 24.7 Å². The zero-order chi connectivity index (χ0) is 22.1. The van der Waals surface area contributed by atoms with Gasteiger partial charge in [-0.25, -0.2) is 4.79 Å². The largest absolute Gasteiger partial charge is 0.497 e. The molecule has 0 bridgehead atoms. The van der Waals surface area contributed by atoms with Crippen LogP contribution >= 0.6 is 0 Å². The molecular formula is C22H19N3O6. The van der Waals surface area contributed by atoms with Gasteiger partial charge in [-0.2, -0.15) is 10.2 Å². The summed E-state index contributed by atoms with van der Waals surface area (Å²) in [6.07, 6.45) is 2.83. The number of rotatable bonds is 9. The Labute approximate surface area is 178 Å². The molecule has 0 saturated carbocycles. The molecule has 0 aliphatic carbocycles. The lowest BCUT2D eigenvalue weighted by atomic mass is 10.2. The molecule has 1 aromatic heterocycles. The van der Waals surface area contributed by atoms with Gasteiger partial charge in [0.25, 0.3) is 5.89 Å². The number of benzene rings is 2. The van der Waals surface area contributed by atoms with Crippen LogP contribution in [-0.4, -0.2) is 36.9 Å². The number of carbonyl (C=O) groups is 1. The summed E-state index contributed by atoms with van der Waals surface area (Å²) in [7, 11) is 3.07. The van der Waals surface area contributed by atoms with Crippen molar-refractivity contribution >= 4 is 12.0 Å². The fraction of sp³-hybridized carbons (Fsp3) is 0.182. The van der Waals surface area contributed by atoms with Crippen LogP contribution in [0.1, 0.15) is 11.5 Å². The molecule has 0 atom stereocenters. The minimum atomic E-state index is -0.576. The summed E-state index contributed by atoms with van der Waals surface area (Å²) >= 11 is 0. The number of methoxy groups -OCH3 is 2. The molecule has 3 aromatic rings. The van der Waals surface area contributed by atoms with Crippen molar-refractivity contribution in [1.29, 1.82) is 5.26 Å². The van der Waals surface area contributed by atoms with Gasteiger partial charge in [-0.1, -0.05) is 11.2 Å². The highest BCUT2D eigenvalue weighted by Crippen LogP contribution is 2.28. The number of hydrogen-bond acceptors (Lipinski definition) is 9. The molecule has 0 aliphatic rings. The molecule has 2 aromatic carbocycles. The van der Waals surface area contributed by atoms with Crippen LogP contribution in [0.5, 0.6) is 17.2 Å². The molecule has 9 heteroatoms. The average molecular weight is 421 g/mol. The van der Waals surface area contributed by atoms with Gasteiger partial charge in [-0.3, -0.25) is 0 Å². The molecule has 0 spiro atoms. The van der Waals surface area contributed by atoms with Crippen LogP contribution in [0.2, 0.25) is 0 Å². The quantitative estimate of drug-likeness (QED) is 0.378. The summed E-state index contributed by atoms with van der Waals surface area (Å²) in [5, 5.41) is 12.5. The number of carbonyl (C=O) groups excluding carboxylic acids is 1. The van der Waals surface area contributed by atoms with Gasteiger partial charge >= 0.3 is 5.97 Å². The lowest BCUT2D eigenvalue weighted by Gasteiger charge is -2.08. The van der Waals surface area contributed by atoms with Crippen LogP contribution in [0, 0.1) is 11.3 Å². The van der Waals surface area contributed by atoms with Crippen molar-refractivity contribution in [2.45, 2.75) is 6.61 Å². The number of esters is 1. The van der Waals surface area contributed by atoms with E-state index < -0.39 is 5.97 Å².